The first-order valence-electron chi connectivity index (χ1n) is 7.04. The van der Waals surface area contributed by atoms with Gasteiger partial charge in [-0.3, -0.25) is 0 Å². The van der Waals surface area contributed by atoms with Crippen LogP contribution >= 0.6 is 0 Å². The minimum atomic E-state index is 0.0512. The van der Waals surface area contributed by atoms with Crippen LogP contribution in [-0.2, 0) is 0 Å². The lowest BCUT2D eigenvalue weighted by Gasteiger charge is -2.32. The second kappa shape index (κ2) is 5.33. The molecule has 1 aromatic rings. The standard InChI is InChI=1S/C16H25N3/c1-12(17)13-5-6-15(18-11-13)19-9-7-14(8-10-19)16(2,3)4/h5-7,11-12H,8-10,17H2,1-4H3. The Morgan fingerprint density at radius 3 is 2.47 bits per heavy atom. The summed E-state index contributed by atoms with van der Waals surface area (Å²) >= 11 is 0. The van der Waals surface area contributed by atoms with Gasteiger partial charge in [0.15, 0.2) is 0 Å². The predicted molar refractivity (Wildman–Crippen MR) is 81.2 cm³/mol. The molecule has 2 heterocycles. The van der Waals surface area contributed by atoms with Crippen LogP contribution in [0, 0.1) is 5.41 Å². The molecule has 0 saturated heterocycles. The average Bonchev–Trinajstić information content (AvgIpc) is 2.38. The van der Waals surface area contributed by atoms with Gasteiger partial charge in [0.25, 0.3) is 0 Å². The fourth-order valence-corrected chi connectivity index (χ4v) is 2.41. The Kier molecular flexibility index (Phi) is 3.95. The molecular formula is C16H25N3. The van der Waals surface area contributed by atoms with Gasteiger partial charge < -0.3 is 10.6 Å². The zero-order chi connectivity index (χ0) is 14.0. The molecule has 0 saturated carbocycles. The van der Waals surface area contributed by atoms with Crippen molar-refractivity contribution in [3.8, 4) is 0 Å². The van der Waals surface area contributed by atoms with Crippen molar-refractivity contribution in [3.05, 3.63) is 35.5 Å². The van der Waals surface area contributed by atoms with E-state index in [4.69, 9.17) is 5.73 Å². The zero-order valence-electron chi connectivity index (χ0n) is 12.5. The molecule has 1 aliphatic rings. The third kappa shape index (κ3) is 3.35. The van der Waals surface area contributed by atoms with Crippen LogP contribution in [0.5, 0.6) is 0 Å². The Morgan fingerprint density at radius 2 is 2.05 bits per heavy atom. The number of aromatic nitrogens is 1. The van der Waals surface area contributed by atoms with Crippen LogP contribution in [0.15, 0.2) is 30.0 Å². The highest BCUT2D eigenvalue weighted by molar-refractivity contribution is 5.42. The zero-order valence-corrected chi connectivity index (χ0v) is 12.5. The van der Waals surface area contributed by atoms with Crippen LogP contribution < -0.4 is 10.6 Å². The van der Waals surface area contributed by atoms with Gasteiger partial charge in [-0.05, 0) is 30.4 Å². The minimum Gasteiger partial charge on any atom is -0.353 e. The van der Waals surface area contributed by atoms with Crippen LogP contribution in [0.2, 0.25) is 0 Å². The van der Waals surface area contributed by atoms with Crippen molar-refractivity contribution in [2.75, 3.05) is 18.0 Å². The first-order valence-corrected chi connectivity index (χ1v) is 7.04. The quantitative estimate of drug-likeness (QED) is 0.829. The van der Waals surface area contributed by atoms with E-state index in [1.165, 1.54) is 0 Å². The third-order valence-electron chi connectivity index (χ3n) is 3.79. The largest absolute Gasteiger partial charge is 0.353 e. The van der Waals surface area contributed by atoms with Gasteiger partial charge in [0, 0.05) is 25.3 Å². The molecule has 0 aliphatic carbocycles. The maximum Gasteiger partial charge on any atom is 0.128 e. The second-order valence-corrected chi connectivity index (χ2v) is 6.41. The first kappa shape index (κ1) is 14.1. The molecule has 1 aliphatic heterocycles. The van der Waals surface area contributed by atoms with E-state index in [0.717, 1.165) is 30.9 Å². The Balaban J connectivity index is 2.07. The summed E-state index contributed by atoms with van der Waals surface area (Å²) in [5.74, 6) is 1.05. The number of pyridine rings is 1. The van der Waals surface area contributed by atoms with Gasteiger partial charge in [-0.2, -0.15) is 0 Å². The van der Waals surface area contributed by atoms with Crippen molar-refractivity contribution in [1.82, 2.24) is 4.98 Å². The molecule has 3 nitrogen and oxygen atoms in total. The lowest BCUT2D eigenvalue weighted by Crippen LogP contribution is -2.31. The number of nitrogens with zero attached hydrogens (tertiary/aromatic N) is 2. The molecule has 0 spiro atoms. The topological polar surface area (TPSA) is 42.1 Å². The third-order valence-corrected chi connectivity index (χ3v) is 3.79. The first-order chi connectivity index (χ1) is 8.88. The summed E-state index contributed by atoms with van der Waals surface area (Å²) < 4.78 is 0. The van der Waals surface area contributed by atoms with Gasteiger partial charge in [-0.15, -0.1) is 0 Å². The minimum absolute atomic E-state index is 0.0512. The summed E-state index contributed by atoms with van der Waals surface area (Å²) in [5.41, 5.74) is 8.78. The summed E-state index contributed by atoms with van der Waals surface area (Å²) in [5, 5.41) is 0. The molecule has 2 rings (SSSR count). The van der Waals surface area contributed by atoms with Crippen LogP contribution in [0.3, 0.4) is 0 Å². The van der Waals surface area contributed by atoms with Crippen molar-refractivity contribution in [1.29, 1.82) is 0 Å². The van der Waals surface area contributed by atoms with E-state index < -0.39 is 0 Å². The van der Waals surface area contributed by atoms with E-state index in [0.29, 0.717) is 5.41 Å². The molecule has 0 amide bonds. The number of nitrogens with two attached hydrogens (primary N) is 1. The monoisotopic (exact) mass is 259 g/mol. The van der Waals surface area contributed by atoms with Crippen molar-refractivity contribution < 1.29 is 0 Å². The highest BCUT2D eigenvalue weighted by Gasteiger charge is 2.21. The molecular weight excluding hydrogens is 234 g/mol. The summed E-state index contributed by atoms with van der Waals surface area (Å²) in [4.78, 5) is 6.85. The molecule has 1 unspecified atom stereocenters. The molecule has 3 heteroatoms. The van der Waals surface area contributed by atoms with Gasteiger partial charge in [-0.1, -0.05) is 38.5 Å². The second-order valence-electron chi connectivity index (χ2n) is 6.41. The van der Waals surface area contributed by atoms with E-state index >= 15 is 0 Å². The molecule has 1 aromatic heterocycles. The number of hydrogen-bond donors (Lipinski definition) is 1. The van der Waals surface area contributed by atoms with E-state index in [1.807, 2.05) is 13.1 Å². The lowest BCUT2D eigenvalue weighted by molar-refractivity contribution is 0.472. The van der Waals surface area contributed by atoms with Crippen molar-refractivity contribution in [2.24, 2.45) is 11.1 Å². The maximum absolute atomic E-state index is 5.85. The van der Waals surface area contributed by atoms with Crippen molar-refractivity contribution in [3.63, 3.8) is 0 Å². The van der Waals surface area contributed by atoms with Crippen LogP contribution in [0.1, 0.15) is 45.7 Å². The fourth-order valence-electron chi connectivity index (χ4n) is 2.41. The molecule has 19 heavy (non-hydrogen) atoms. The van der Waals surface area contributed by atoms with Gasteiger partial charge in [0.1, 0.15) is 5.82 Å². The Hall–Kier alpha value is -1.35. The molecule has 2 N–H and O–H groups in total. The lowest BCUT2D eigenvalue weighted by atomic mass is 9.83. The van der Waals surface area contributed by atoms with Crippen molar-refractivity contribution in [2.45, 2.75) is 40.2 Å². The van der Waals surface area contributed by atoms with Gasteiger partial charge in [0.05, 0.1) is 0 Å². The number of hydrogen-bond acceptors (Lipinski definition) is 3. The summed E-state index contributed by atoms with van der Waals surface area (Å²) in [6.45, 7) is 10.8. The molecule has 0 aromatic carbocycles. The van der Waals surface area contributed by atoms with Gasteiger partial charge in [-0.25, -0.2) is 4.98 Å². The normalized spacial score (nSPS) is 18.2. The van der Waals surface area contributed by atoms with E-state index in [2.05, 4.69) is 48.9 Å². The SMILES string of the molecule is CC(N)c1ccc(N2CC=C(C(C)(C)C)CC2)nc1. The molecule has 1 atom stereocenters. The van der Waals surface area contributed by atoms with Gasteiger partial charge >= 0.3 is 0 Å². The number of anilines is 1. The van der Waals surface area contributed by atoms with E-state index in [-0.39, 0.29) is 6.04 Å². The van der Waals surface area contributed by atoms with Crippen molar-refractivity contribution >= 4 is 5.82 Å². The summed E-state index contributed by atoms with van der Waals surface area (Å²) in [6, 6.07) is 4.21. The van der Waals surface area contributed by atoms with Crippen LogP contribution in [0.25, 0.3) is 0 Å². The Labute approximate surface area is 116 Å². The summed E-state index contributed by atoms with van der Waals surface area (Å²) in [7, 11) is 0. The Bertz CT molecular complexity index is 452. The predicted octanol–water partition coefficient (Wildman–Crippen LogP) is 3.28. The fraction of sp³-hybridized carbons (Fsp3) is 0.562. The van der Waals surface area contributed by atoms with Crippen LogP contribution in [0.4, 0.5) is 5.82 Å². The highest BCUT2D eigenvalue weighted by atomic mass is 15.2. The highest BCUT2D eigenvalue weighted by Crippen LogP contribution is 2.31. The van der Waals surface area contributed by atoms with Crippen LogP contribution in [-0.4, -0.2) is 18.1 Å². The van der Waals surface area contributed by atoms with E-state index in [1.54, 1.807) is 5.57 Å². The molecule has 0 radical (unpaired) electrons. The van der Waals surface area contributed by atoms with E-state index in [9.17, 15) is 0 Å². The average molecular weight is 259 g/mol. The molecule has 104 valence electrons. The van der Waals surface area contributed by atoms with Gasteiger partial charge in [0.2, 0.25) is 0 Å². The number of rotatable bonds is 2. The smallest absolute Gasteiger partial charge is 0.128 e. The molecule has 0 fully saturated rings. The maximum atomic E-state index is 5.85. The Morgan fingerprint density at radius 1 is 1.32 bits per heavy atom. The summed E-state index contributed by atoms with van der Waals surface area (Å²) in [6.07, 6.45) is 5.37. The molecule has 0 bridgehead atoms.